The molecule has 0 fully saturated rings. The highest BCUT2D eigenvalue weighted by molar-refractivity contribution is 7.13. The molecule has 0 saturated carbocycles. The fourth-order valence-corrected chi connectivity index (χ4v) is 2.49. The van der Waals surface area contributed by atoms with Crippen LogP contribution in [-0.4, -0.2) is 27.4 Å². The third-order valence-corrected chi connectivity index (χ3v) is 4.41. The first-order valence-corrected chi connectivity index (χ1v) is 7.38. The van der Waals surface area contributed by atoms with E-state index in [2.05, 4.69) is 27.0 Å². The first-order valence-electron chi connectivity index (χ1n) is 6.50. The van der Waals surface area contributed by atoms with Gasteiger partial charge in [0, 0.05) is 18.7 Å². The number of H-pyrrole nitrogens is 1. The van der Waals surface area contributed by atoms with Crippen molar-refractivity contribution in [3.63, 3.8) is 0 Å². The van der Waals surface area contributed by atoms with E-state index in [9.17, 15) is 5.11 Å². The van der Waals surface area contributed by atoms with Gasteiger partial charge in [0.25, 0.3) is 0 Å². The van der Waals surface area contributed by atoms with Gasteiger partial charge in [0.15, 0.2) is 0 Å². The Morgan fingerprint density at radius 1 is 1.53 bits per heavy atom. The molecule has 0 aliphatic rings. The molecule has 0 aromatic carbocycles. The summed E-state index contributed by atoms with van der Waals surface area (Å²) in [5.74, 6) is 0.223. The van der Waals surface area contributed by atoms with Crippen LogP contribution in [0.15, 0.2) is 23.7 Å². The average molecular weight is 279 g/mol. The van der Waals surface area contributed by atoms with Crippen LogP contribution in [0, 0.1) is 5.92 Å². The van der Waals surface area contributed by atoms with E-state index in [1.54, 1.807) is 11.3 Å². The minimum absolute atomic E-state index is 0.223. The van der Waals surface area contributed by atoms with E-state index in [0.29, 0.717) is 13.1 Å². The summed E-state index contributed by atoms with van der Waals surface area (Å²) in [5, 5.41) is 22.7. The van der Waals surface area contributed by atoms with E-state index in [1.165, 1.54) is 4.88 Å². The zero-order valence-electron chi connectivity index (χ0n) is 11.6. The second kappa shape index (κ2) is 5.86. The summed E-state index contributed by atoms with van der Waals surface area (Å²) in [6, 6.07) is 4.10. The molecule has 0 aliphatic carbocycles. The van der Waals surface area contributed by atoms with Gasteiger partial charge in [-0.05, 0) is 24.3 Å². The Morgan fingerprint density at radius 3 is 2.95 bits per heavy atom. The predicted molar refractivity (Wildman–Crippen MR) is 79.1 cm³/mol. The topological polar surface area (TPSA) is 60.9 Å². The lowest BCUT2D eigenvalue weighted by Gasteiger charge is -2.27. The molecule has 0 saturated heterocycles. The Morgan fingerprint density at radius 2 is 2.32 bits per heavy atom. The summed E-state index contributed by atoms with van der Waals surface area (Å²) in [6.45, 7) is 7.18. The lowest BCUT2D eigenvalue weighted by atomic mass is 9.92. The Balaban J connectivity index is 1.96. The standard InChI is InChI=1S/C14H21N3OS/c1-10(2)14(3,18)9-15-7-11-8-16-17-13(11)12-5-4-6-19-12/h4-6,8,10,15,18H,7,9H2,1-3H3,(H,16,17). The third kappa shape index (κ3) is 3.43. The van der Waals surface area contributed by atoms with Gasteiger partial charge in [0.2, 0.25) is 0 Å². The normalized spacial score (nSPS) is 14.8. The summed E-state index contributed by atoms with van der Waals surface area (Å²) < 4.78 is 0. The molecule has 0 spiro atoms. The number of aliphatic hydroxyl groups is 1. The minimum atomic E-state index is -0.688. The summed E-state index contributed by atoms with van der Waals surface area (Å²) in [4.78, 5) is 1.19. The number of aromatic nitrogens is 2. The Bertz CT molecular complexity index is 503. The van der Waals surface area contributed by atoms with Crippen LogP contribution in [0.25, 0.3) is 10.6 Å². The van der Waals surface area contributed by atoms with Crippen molar-refractivity contribution in [3.8, 4) is 10.6 Å². The molecule has 2 aromatic rings. The summed E-state index contributed by atoms with van der Waals surface area (Å²) in [7, 11) is 0. The second-order valence-corrected chi connectivity index (χ2v) is 6.31. The van der Waals surface area contributed by atoms with Gasteiger partial charge in [-0.15, -0.1) is 11.3 Å². The smallest absolute Gasteiger partial charge is 0.0794 e. The summed E-state index contributed by atoms with van der Waals surface area (Å²) >= 11 is 1.69. The lowest BCUT2D eigenvalue weighted by molar-refractivity contribution is 0.0140. The van der Waals surface area contributed by atoms with Crippen molar-refractivity contribution < 1.29 is 5.11 Å². The summed E-state index contributed by atoms with van der Waals surface area (Å²) in [5.41, 5.74) is 1.50. The van der Waals surface area contributed by atoms with Gasteiger partial charge in [0.05, 0.1) is 22.4 Å². The van der Waals surface area contributed by atoms with Crippen LogP contribution in [0.5, 0.6) is 0 Å². The molecule has 4 nitrogen and oxygen atoms in total. The van der Waals surface area contributed by atoms with Gasteiger partial charge in [0.1, 0.15) is 0 Å². The number of rotatable bonds is 6. The van der Waals surface area contributed by atoms with Gasteiger partial charge < -0.3 is 10.4 Å². The Labute approximate surface area is 117 Å². The maximum atomic E-state index is 10.2. The molecule has 0 bridgehead atoms. The van der Waals surface area contributed by atoms with Crippen LogP contribution >= 0.6 is 11.3 Å². The molecule has 3 N–H and O–H groups in total. The van der Waals surface area contributed by atoms with E-state index in [1.807, 2.05) is 33.0 Å². The van der Waals surface area contributed by atoms with E-state index in [-0.39, 0.29) is 5.92 Å². The first-order chi connectivity index (χ1) is 9.00. The maximum absolute atomic E-state index is 10.2. The molecule has 0 amide bonds. The fourth-order valence-electron chi connectivity index (χ4n) is 1.73. The molecule has 1 unspecified atom stereocenters. The van der Waals surface area contributed by atoms with E-state index in [4.69, 9.17) is 0 Å². The molecule has 0 aliphatic heterocycles. The molecule has 1 atom stereocenters. The van der Waals surface area contributed by atoms with E-state index < -0.39 is 5.60 Å². The molecule has 5 heteroatoms. The number of thiophene rings is 1. The largest absolute Gasteiger partial charge is 0.389 e. The van der Waals surface area contributed by atoms with Crippen LogP contribution in [0.4, 0.5) is 0 Å². The highest BCUT2D eigenvalue weighted by atomic mass is 32.1. The van der Waals surface area contributed by atoms with Crippen LogP contribution in [0.3, 0.4) is 0 Å². The van der Waals surface area contributed by atoms with Crippen LogP contribution in [0.1, 0.15) is 26.3 Å². The van der Waals surface area contributed by atoms with Gasteiger partial charge >= 0.3 is 0 Å². The average Bonchev–Trinajstić information content (AvgIpc) is 2.97. The van der Waals surface area contributed by atoms with Crippen molar-refractivity contribution in [2.24, 2.45) is 5.92 Å². The Kier molecular flexibility index (Phi) is 4.39. The summed E-state index contributed by atoms with van der Waals surface area (Å²) in [6.07, 6.45) is 1.84. The van der Waals surface area contributed by atoms with Crippen LogP contribution in [0.2, 0.25) is 0 Å². The van der Waals surface area contributed by atoms with Crippen molar-refractivity contribution in [2.45, 2.75) is 32.9 Å². The SMILES string of the molecule is CC(C)C(C)(O)CNCc1cn[nH]c1-c1cccs1. The second-order valence-electron chi connectivity index (χ2n) is 5.36. The number of nitrogens with zero attached hydrogens (tertiary/aromatic N) is 1. The maximum Gasteiger partial charge on any atom is 0.0794 e. The van der Waals surface area contributed by atoms with Crippen molar-refractivity contribution in [1.29, 1.82) is 0 Å². The highest BCUT2D eigenvalue weighted by Gasteiger charge is 2.24. The van der Waals surface area contributed by atoms with Crippen LogP contribution < -0.4 is 5.32 Å². The van der Waals surface area contributed by atoms with E-state index >= 15 is 0 Å². The van der Waals surface area contributed by atoms with Gasteiger partial charge in [-0.1, -0.05) is 19.9 Å². The molecule has 2 rings (SSSR count). The van der Waals surface area contributed by atoms with Gasteiger partial charge in [-0.2, -0.15) is 5.10 Å². The number of nitrogens with one attached hydrogen (secondary N) is 2. The quantitative estimate of drug-likeness (QED) is 0.762. The molecule has 2 aromatic heterocycles. The van der Waals surface area contributed by atoms with Crippen molar-refractivity contribution in [2.75, 3.05) is 6.54 Å². The van der Waals surface area contributed by atoms with Gasteiger partial charge in [-0.25, -0.2) is 0 Å². The zero-order chi connectivity index (χ0) is 13.9. The highest BCUT2D eigenvalue weighted by Crippen LogP contribution is 2.25. The first kappa shape index (κ1) is 14.2. The number of hydrogen-bond donors (Lipinski definition) is 3. The molecule has 19 heavy (non-hydrogen) atoms. The fraction of sp³-hybridized carbons (Fsp3) is 0.500. The number of hydrogen-bond acceptors (Lipinski definition) is 4. The van der Waals surface area contributed by atoms with Crippen molar-refractivity contribution in [1.82, 2.24) is 15.5 Å². The van der Waals surface area contributed by atoms with Crippen molar-refractivity contribution in [3.05, 3.63) is 29.3 Å². The van der Waals surface area contributed by atoms with Crippen molar-refractivity contribution >= 4 is 11.3 Å². The van der Waals surface area contributed by atoms with E-state index in [0.717, 1.165) is 11.3 Å². The predicted octanol–water partition coefficient (Wildman–Crippen LogP) is 2.63. The molecule has 104 valence electrons. The third-order valence-electron chi connectivity index (χ3n) is 3.53. The zero-order valence-corrected chi connectivity index (χ0v) is 12.4. The molecule has 2 heterocycles. The molecular weight excluding hydrogens is 258 g/mol. The Hall–Kier alpha value is -1.17. The molecular formula is C14H21N3OS. The number of aromatic amines is 1. The molecule has 0 radical (unpaired) electrons. The minimum Gasteiger partial charge on any atom is -0.389 e. The monoisotopic (exact) mass is 279 g/mol. The lowest BCUT2D eigenvalue weighted by Crippen LogP contribution is -2.41. The van der Waals surface area contributed by atoms with Crippen LogP contribution in [-0.2, 0) is 6.54 Å². The van der Waals surface area contributed by atoms with Gasteiger partial charge in [-0.3, -0.25) is 5.10 Å².